The molecular weight excluding hydrogens is 212 g/mol. The van der Waals surface area contributed by atoms with Crippen molar-refractivity contribution in [2.24, 2.45) is 0 Å². The van der Waals surface area contributed by atoms with Gasteiger partial charge in [-0.25, -0.2) is 8.42 Å². The van der Waals surface area contributed by atoms with Crippen LogP contribution in [0.1, 0.15) is 13.3 Å². The minimum absolute atomic E-state index is 0.478. The van der Waals surface area contributed by atoms with Crippen LogP contribution in [0.4, 0.5) is 0 Å². The minimum Gasteiger partial charge on any atom is -0.204 e. The first-order valence-corrected chi connectivity index (χ1v) is 6.09. The Hall–Kier alpha value is -1.36. The van der Waals surface area contributed by atoms with E-state index in [0.717, 1.165) is 4.09 Å². The van der Waals surface area contributed by atoms with E-state index in [1.165, 1.54) is 12.4 Å². The highest BCUT2D eigenvalue weighted by Gasteiger charge is 2.38. The second-order valence-corrected chi connectivity index (χ2v) is 5.94. The highest BCUT2D eigenvalue weighted by atomic mass is 32.2. The third kappa shape index (κ3) is 1.52. The molecule has 1 aliphatic rings. The van der Waals surface area contributed by atoms with Crippen LogP contribution in [0.3, 0.4) is 0 Å². The van der Waals surface area contributed by atoms with Crippen LogP contribution in [0, 0.1) is 0 Å². The molecule has 0 amide bonds. The van der Waals surface area contributed by atoms with Gasteiger partial charge in [-0.2, -0.15) is 9.19 Å². The molecule has 1 unspecified atom stereocenters. The van der Waals surface area contributed by atoms with Crippen LogP contribution in [0.5, 0.6) is 0 Å². The Morgan fingerprint density at radius 1 is 1.40 bits per heavy atom. The van der Waals surface area contributed by atoms with Crippen molar-refractivity contribution >= 4 is 10.0 Å². The van der Waals surface area contributed by atoms with E-state index < -0.39 is 14.8 Å². The van der Waals surface area contributed by atoms with Crippen molar-refractivity contribution in [3.8, 4) is 0 Å². The molecule has 1 aromatic heterocycles. The third-order valence-corrected chi connectivity index (χ3v) is 4.72. The van der Waals surface area contributed by atoms with Gasteiger partial charge in [0.1, 0.15) is 4.75 Å². The molecule has 1 atom stereocenters. The SMILES string of the molecule is CC1(S(=O)(=O)n2cccn2)C=CC=CC1. The zero-order chi connectivity index (χ0) is 10.9. The van der Waals surface area contributed by atoms with E-state index in [9.17, 15) is 8.42 Å². The van der Waals surface area contributed by atoms with Gasteiger partial charge in [0.05, 0.1) is 6.20 Å². The van der Waals surface area contributed by atoms with Gasteiger partial charge in [-0.1, -0.05) is 24.3 Å². The maximum absolute atomic E-state index is 12.2. The molecule has 0 saturated carbocycles. The summed E-state index contributed by atoms with van der Waals surface area (Å²) in [5.41, 5.74) is 0. The average molecular weight is 224 g/mol. The zero-order valence-electron chi connectivity index (χ0n) is 8.37. The van der Waals surface area contributed by atoms with Crippen LogP contribution in [0.2, 0.25) is 0 Å². The van der Waals surface area contributed by atoms with Crippen molar-refractivity contribution in [1.29, 1.82) is 0 Å². The molecule has 0 N–H and O–H groups in total. The molecule has 0 spiro atoms. The minimum atomic E-state index is -3.45. The fourth-order valence-electron chi connectivity index (χ4n) is 1.51. The molecule has 2 rings (SSSR count). The first-order valence-electron chi connectivity index (χ1n) is 4.65. The van der Waals surface area contributed by atoms with E-state index in [1.54, 1.807) is 25.1 Å². The van der Waals surface area contributed by atoms with E-state index in [2.05, 4.69) is 5.10 Å². The summed E-state index contributed by atoms with van der Waals surface area (Å²) >= 11 is 0. The molecule has 1 aromatic rings. The quantitative estimate of drug-likeness (QED) is 0.761. The fraction of sp³-hybridized carbons (Fsp3) is 0.300. The summed E-state index contributed by atoms with van der Waals surface area (Å²) in [4.78, 5) is 0. The first kappa shape index (κ1) is 10.2. The molecule has 5 heteroatoms. The van der Waals surface area contributed by atoms with Crippen molar-refractivity contribution in [3.05, 3.63) is 42.8 Å². The number of hydrogen-bond acceptors (Lipinski definition) is 3. The third-order valence-electron chi connectivity index (χ3n) is 2.53. The molecule has 0 radical (unpaired) electrons. The van der Waals surface area contributed by atoms with Gasteiger partial charge in [-0.15, -0.1) is 0 Å². The first-order chi connectivity index (χ1) is 7.06. The number of rotatable bonds is 2. The molecule has 15 heavy (non-hydrogen) atoms. The molecule has 0 aromatic carbocycles. The number of hydrogen-bond donors (Lipinski definition) is 0. The molecule has 1 aliphatic carbocycles. The Labute approximate surface area is 89.0 Å². The summed E-state index contributed by atoms with van der Waals surface area (Å²) in [5.74, 6) is 0. The van der Waals surface area contributed by atoms with Crippen LogP contribution in [0.15, 0.2) is 42.8 Å². The molecule has 0 saturated heterocycles. The Balaban J connectivity index is 2.47. The summed E-state index contributed by atoms with van der Waals surface area (Å²) in [6.45, 7) is 1.70. The number of nitrogens with zero attached hydrogens (tertiary/aromatic N) is 2. The lowest BCUT2D eigenvalue weighted by Crippen LogP contribution is -2.38. The van der Waals surface area contributed by atoms with E-state index >= 15 is 0 Å². The Morgan fingerprint density at radius 3 is 2.73 bits per heavy atom. The van der Waals surface area contributed by atoms with Crippen molar-refractivity contribution in [1.82, 2.24) is 9.19 Å². The maximum Gasteiger partial charge on any atom is 0.263 e. The van der Waals surface area contributed by atoms with E-state index in [4.69, 9.17) is 0 Å². The molecule has 0 aliphatic heterocycles. The normalized spacial score (nSPS) is 25.7. The predicted molar refractivity (Wildman–Crippen MR) is 57.8 cm³/mol. The van der Waals surface area contributed by atoms with Crippen molar-refractivity contribution in [2.45, 2.75) is 18.1 Å². The lowest BCUT2D eigenvalue weighted by Gasteiger charge is -2.25. The standard InChI is InChI=1S/C10H12N2O2S/c1-10(6-3-2-4-7-10)15(13,14)12-9-5-8-11-12/h2-6,8-9H,7H2,1H3. The monoisotopic (exact) mass is 224 g/mol. The van der Waals surface area contributed by atoms with E-state index in [1.807, 2.05) is 12.2 Å². The summed E-state index contributed by atoms with van der Waals surface area (Å²) in [5, 5.41) is 3.78. The lowest BCUT2D eigenvalue weighted by molar-refractivity contribution is 0.546. The van der Waals surface area contributed by atoms with Gasteiger partial charge in [0.15, 0.2) is 0 Å². The summed E-state index contributed by atoms with van der Waals surface area (Å²) in [7, 11) is -3.45. The summed E-state index contributed by atoms with van der Waals surface area (Å²) in [6, 6.07) is 1.60. The van der Waals surface area contributed by atoms with Crippen LogP contribution in [-0.4, -0.2) is 22.4 Å². The molecule has 0 fully saturated rings. The number of allylic oxidation sites excluding steroid dienone is 3. The van der Waals surface area contributed by atoms with Crippen molar-refractivity contribution in [3.63, 3.8) is 0 Å². The van der Waals surface area contributed by atoms with Gasteiger partial charge in [0.25, 0.3) is 10.0 Å². The second kappa shape index (κ2) is 3.34. The maximum atomic E-state index is 12.2. The van der Waals surface area contributed by atoms with Gasteiger partial charge >= 0.3 is 0 Å². The Kier molecular flexibility index (Phi) is 2.26. The lowest BCUT2D eigenvalue weighted by atomic mass is 10.0. The Bertz CT molecular complexity index is 500. The van der Waals surface area contributed by atoms with Crippen LogP contribution >= 0.6 is 0 Å². The average Bonchev–Trinajstić information content (AvgIpc) is 2.72. The molecule has 4 nitrogen and oxygen atoms in total. The van der Waals surface area contributed by atoms with Crippen LogP contribution in [0.25, 0.3) is 0 Å². The van der Waals surface area contributed by atoms with E-state index in [-0.39, 0.29) is 0 Å². The summed E-state index contributed by atoms with van der Waals surface area (Å²) < 4.78 is 24.5. The van der Waals surface area contributed by atoms with Crippen LogP contribution in [-0.2, 0) is 10.0 Å². The van der Waals surface area contributed by atoms with Gasteiger partial charge in [0.2, 0.25) is 0 Å². The second-order valence-electron chi connectivity index (χ2n) is 3.69. The molecule has 0 bridgehead atoms. The van der Waals surface area contributed by atoms with Gasteiger partial charge in [0, 0.05) is 6.20 Å². The predicted octanol–water partition coefficient (Wildman–Crippen LogP) is 1.34. The zero-order valence-corrected chi connectivity index (χ0v) is 9.18. The molecular formula is C10H12N2O2S. The van der Waals surface area contributed by atoms with Crippen LogP contribution < -0.4 is 0 Å². The van der Waals surface area contributed by atoms with Crippen molar-refractivity contribution in [2.75, 3.05) is 0 Å². The highest BCUT2D eigenvalue weighted by molar-refractivity contribution is 7.91. The molecule has 80 valence electrons. The Morgan fingerprint density at radius 2 is 2.20 bits per heavy atom. The van der Waals surface area contributed by atoms with Crippen molar-refractivity contribution < 1.29 is 8.42 Å². The molecule has 1 heterocycles. The van der Waals surface area contributed by atoms with E-state index in [0.29, 0.717) is 6.42 Å². The largest absolute Gasteiger partial charge is 0.263 e. The van der Waals surface area contributed by atoms with Gasteiger partial charge < -0.3 is 0 Å². The topological polar surface area (TPSA) is 52.0 Å². The van der Waals surface area contributed by atoms with Gasteiger partial charge in [-0.05, 0) is 19.4 Å². The summed E-state index contributed by atoms with van der Waals surface area (Å²) in [6.07, 6.45) is 10.5. The fourth-order valence-corrected chi connectivity index (χ4v) is 2.90. The number of aromatic nitrogens is 2. The smallest absolute Gasteiger partial charge is 0.204 e. The van der Waals surface area contributed by atoms with Gasteiger partial charge in [-0.3, -0.25) is 0 Å². The highest BCUT2D eigenvalue weighted by Crippen LogP contribution is 2.27.